The number of nitrogens with two attached hydrogens (primary N) is 1. The Kier molecular flexibility index (Phi) is 2.71. The minimum Gasteiger partial charge on any atom is -0.336 e. The van der Waals surface area contributed by atoms with Crippen LogP contribution >= 0.6 is 0 Å². The molecule has 1 aromatic carbocycles. The standard InChI is InChI=1S/C11H10F2N6/c12-6-3-8-9(4-7(6)13)16-11(15-8)10-5-19(2-1-14)18-17-10/h3-5H,1-2,14H2,(H,15,16). The third kappa shape index (κ3) is 2.06. The molecule has 0 atom stereocenters. The van der Waals surface area contributed by atoms with Crippen molar-refractivity contribution in [3.63, 3.8) is 0 Å². The van der Waals surface area contributed by atoms with Gasteiger partial charge < -0.3 is 10.7 Å². The Labute approximate surface area is 106 Å². The lowest BCUT2D eigenvalue weighted by molar-refractivity contribution is 0.510. The highest BCUT2D eigenvalue weighted by Crippen LogP contribution is 2.20. The molecule has 0 aliphatic heterocycles. The molecule has 2 aromatic heterocycles. The lowest BCUT2D eigenvalue weighted by atomic mass is 10.3. The number of imidazole rings is 1. The molecule has 3 aromatic rings. The van der Waals surface area contributed by atoms with E-state index in [0.29, 0.717) is 35.6 Å². The molecule has 0 aliphatic carbocycles. The van der Waals surface area contributed by atoms with Crippen molar-refractivity contribution < 1.29 is 8.78 Å². The average molecular weight is 264 g/mol. The van der Waals surface area contributed by atoms with Gasteiger partial charge in [-0.1, -0.05) is 5.21 Å². The summed E-state index contributed by atoms with van der Waals surface area (Å²) in [5.41, 5.74) is 6.64. The lowest BCUT2D eigenvalue weighted by Gasteiger charge is -1.92. The summed E-state index contributed by atoms with van der Waals surface area (Å²) in [6.07, 6.45) is 1.66. The van der Waals surface area contributed by atoms with E-state index in [1.807, 2.05) is 0 Å². The van der Waals surface area contributed by atoms with Crippen molar-refractivity contribution in [2.75, 3.05) is 6.54 Å². The summed E-state index contributed by atoms with van der Waals surface area (Å²) in [5, 5.41) is 7.79. The van der Waals surface area contributed by atoms with Crippen molar-refractivity contribution in [3.8, 4) is 11.5 Å². The highest BCUT2D eigenvalue weighted by molar-refractivity contribution is 5.78. The Morgan fingerprint density at radius 2 is 2.05 bits per heavy atom. The average Bonchev–Trinajstić information content (AvgIpc) is 2.97. The smallest absolute Gasteiger partial charge is 0.161 e. The predicted octanol–water partition coefficient (Wildman–Crippen LogP) is 1.06. The second-order valence-electron chi connectivity index (χ2n) is 4.02. The maximum Gasteiger partial charge on any atom is 0.161 e. The number of aromatic nitrogens is 5. The molecule has 0 saturated heterocycles. The van der Waals surface area contributed by atoms with Crippen LogP contribution in [-0.4, -0.2) is 31.5 Å². The van der Waals surface area contributed by atoms with Crippen molar-refractivity contribution in [1.82, 2.24) is 25.0 Å². The number of nitrogens with one attached hydrogen (secondary N) is 1. The van der Waals surface area contributed by atoms with Crippen molar-refractivity contribution in [3.05, 3.63) is 30.0 Å². The molecule has 98 valence electrons. The lowest BCUT2D eigenvalue weighted by Crippen LogP contribution is -2.10. The molecule has 3 N–H and O–H groups in total. The molecule has 3 rings (SSSR count). The maximum atomic E-state index is 13.1. The van der Waals surface area contributed by atoms with Gasteiger partial charge in [-0.15, -0.1) is 5.10 Å². The van der Waals surface area contributed by atoms with Crippen molar-refractivity contribution in [2.45, 2.75) is 6.54 Å². The second-order valence-corrected chi connectivity index (χ2v) is 4.02. The molecule has 2 heterocycles. The summed E-state index contributed by atoms with van der Waals surface area (Å²) in [7, 11) is 0. The Bertz CT molecular complexity index is 693. The number of rotatable bonds is 3. The quantitative estimate of drug-likeness (QED) is 0.740. The van der Waals surface area contributed by atoms with Gasteiger partial charge in [0.25, 0.3) is 0 Å². The Hall–Kier alpha value is -2.35. The van der Waals surface area contributed by atoms with E-state index in [4.69, 9.17) is 5.73 Å². The molecule has 6 nitrogen and oxygen atoms in total. The van der Waals surface area contributed by atoms with Gasteiger partial charge in [-0.2, -0.15) is 0 Å². The van der Waals surface area contributed by atoms with Crippen LogP contribution in [0.4, 0.5) is 8.78 Å². The number of benzene rings is 1. The second kappa shape index (κ2) is 4.39. The van der Waals surface area contributed by atoms with Crippen LogP contribution in [0.3, 0.4) is 0 Å². The van der Waals surface area contributed by atoms with E-state index in [2.05, 4.69) is 20.3 Å². The number of hydrogen-bond donors (Lipinski definition) is 2. The molecule has 0 saturated carbocycles. The van der Waals surface area contributed by atoms with Crippen LogP contribution in [0.25, 0.3) is 22.6 Å². The third-order valence-corrected chi connectivity index (χ3v) is 2.66. The van der Waals surface area contributed by atoms with Gasteiger partial charge in [0.2, 0.25) is 0 Å². The first-order chi connectivity index (χ1) is 9.17. The van der Waals surface area contributed by atoms with E-state index in [9.17, 15) is 8.78 Å². The number of nitrogens with zero attached hydrogens (tertiary/aromatic N) is 4. The number of aromatic amines is 1. The zero-order valence-electron chi connectivity index (χ0n) is 9.77. The highest BCUT2D eigenvalue weighted by atomic mass is 19.2. The van der Waals surface area contributed by atoms with Gasteiger partial charge in [0.05, 0.1) is 23.8 Å². The molecule has 8 heteroatoms. The summed E-state index contributed by atoms with van der Waals surface area (Å²) in [4.78, 5) is 7.02. The van der Waals surface area contributed by atoms with E-state index in [1.165, 1.54) is 0 Å². The maximum absolute atomic E-state index is 13.1. The first kappa shape index (κ1) is 11.7. The highest BCUT2D eigenvalue weighted by Gasteiger charge is 2.12. The monoisotopic (exact) mass is 264 g/mol. The van der Waals surface area contributed by atoms with Gasteiger partial charge in [-0.05, 0) is 0 Å². The molecule has 19 heavy (non-hydrogen) atoms. The SMILES string of the molecule is NCCn1cc(-c2nc3cc(F)c(F)cc3[nH]2)nn1. The van der Waals surface area contributed by atoms with Crippen molar-refractivity contribution >= 4 is 11.0 Å². The zero-order chi connectivity index (χ0) is 13.4. The van der Waals surface area contributed by atoms with Crippen LogP contribution in [0.1, 0.15) is 0 Å². The molecule has 0 amide bonds. The largest absolute Gasteiger partial charge is 0.336 e. The van der Waals surface area contributed by atoms with Crippen LogP contribution < -0.4 is 5.73 Å². The van der Waals surface area contributed by atoms with Crippen LogP contribution in [-0.2, 0) is 6.54 Å². The predicted molar refractivity (Wildman–Crippen MR) is 64.1 cm³/mol. The van der Waals surface area contributed by atoms with E-state index in [0.717, 1.165) is 12.1 Å². The van der Waals surface area contributed by atoms with Crippen LogP contribution in [0.5, 0.6) is 0 Å². The minimum atomic E-state index is -0.933. The summed E-state index contributed by atoms with van der Waals surface area (Å²) >= 11 is 0. The first-order valence-corrected chi connectivity index (χ1v) is 5.62. The molecule has 0 fully saturated rings. The Morgan fingerprint density at radius 3 is 2.84 bits per heavy atom. The molecule has 0 radical (unpaired) electrons. The van der Waals surface area contributed by atoms with Crippen molar-refractivity contribution in [1.29, 1.82) is 0 Å². The topological polar surface area (TPSA) is 85.4 Å². The number of H-pyrrole nitrogens is 1. The summed E-state index contributed by atoms with van der Waals surface area (Å²) in [5.74, 6) is -1.45. The van der Waals surface area contributed by atoms with Gasteiger partial charge in [-0.25, -0.2) is 13.8 Å². The molecule has 0 bridgehead atoms. The van der Waals surface area contributed by atoms with Crippen molar-refractivity contribution in [2.24, 2.45) is 5.73 Å². The van der Waals surface area contributed by atoms with Crippen LogP contribution in [0.2, 0.25) is 0 Å². The first-order valence-electron chi connectivity index (χ1n) is 5.62. The molecule has 0 spiro atoms. The number of halogens is 2. The number of fused-ring (bicyclic) bond motifs is 1. The van der Waals surface area contributed by atoms with Gasteiger partial charge >= 0.3 is 0 Å². The summed E-state index contributed by atoms with van der Waals surface area (Å²) in [6, 6.07) is 2.10. The fourth-order valence-electron chi connectivity index (χ4n) is 1.77. The summed E-state index contributed by atoms with van der Waals surface area (Å²) in [6.45, 7) is 0.982. The fraction of sp³-hybridized carbons (Fsp3) is 0.182. The van der Waals surface area contributed by atoms with Crippen LogP contribution in [0.15, 0.2) is 18.3 Å². The minimum absolute atomic E-state index is 0.335. The van der Waals surface area contributed by atoms with E-state index >= 15 is 0 Å². The zero-order valence-corrected chi connectivity index (χ0v) is 9.77. The molecular formula is C11H10F2N6. The van der Waals surface area contributed by atoms with E-state index in [-0.39, 0.29) is 0 Å². The van der Waals surface area contributed by atoms with E-state index in [1.54, 1.807) is 10.9 Å². The Morgan fingerprint density at radius 1 is 1.26 bits per heavy atom. The summed E-state index contributed by atoms with van der Waals surface area (Å²) < 4.78 is 27.8. The number of hydrogen-bond acceptors (Lipinski definition) is 4. The fourth-order valence-corrected chi connectivity index (χ4v) is 1.77. The Balaban J connectivity index is 2.04. The van der Waals surface area contributed by atoms with E-state index < -0.39 is 11.6 Å². The normalized spacial score (nSPS) is 11.3. The van der Waals surface area contributed by atoms with Gasteiger partial charge in [-0.3, -0.25) is 4.68 Å². The van der Waals surface area contributed by atoms with Crippen LogP contribution in [0, 0.1) is 11.6 Å². The molecule has 0 aliphatic rings. The molecular weight excluding hydrogens is 254 g/mol. The molecule has 0 unspecified atom stereocenters. The van der Waals surface area contributed by atoms with Gasteiger partial charge in [0.1, 0.15) is 5.69 Å². The van der Waals surface area contributed by atoms with Gasteiger partial charge in [0.15, 0.2) is 17.5 Å². The van der Waals surface area contributed by atoms with Gasteiger partial charge in [0, 0.05) is 18.7 Å². The third-order valence-electron chi connectivity index (χ3n) is 2.66.